The van der Waals surface area contributed by atoms with E-state index in [1.165, 1.54) is 4.68 Å². The summed E-state index contributed by atoms with van der Waals surface area (Å²) in [5.74, 6) is 1.68. The van der Waals surface area contributed by atoms with Crippen molar-refractivity contribution in [2.24, 2.45) is 0 Å². The average Bonchev–Trinajstić information content (AvgIpc) is 3.53. The lowest BCUT2D eigenvalue weighted by molar-refractivity contribution is 0.0951. The Balaban J connectivity index is 1.42. The molecule has 2 aromatic carbocycles. The summed E-state index contributed by atoms with van der Waals surface area (Å²) >= 11 is 0. The molecular weight excluding hydrogens is 380 g/mol. The second-order valence-electron chi connectivity index (χ2n) is 7.76. The molecule has 1 fully saturated rings. The molecule has 0 spiro atoms. The lowest BCUT2D eigenvalue weighted by Crippen LogP contribution is -2.32. The molecule has 1 N–H and O–H groups in total. The summed E-state index contributed by atoms with van der Waals surface area (Å²) < 4.78 is 8.73. The molecule has 1 heterocycles. The smallest absolute Gasteiger partial charge is 0.350 e. The number of para-hydroxylation sites is 1. The molecule has 7 heteroatoms. The summed E-state index contributed by atoms with van der Waals surface area (Å²) in [7, 11) is 0. The summed E-state index contributed by atoms with van der Waals surface area (Å²) in [4.78, 5) is 25.3. The zero-order valence-corrected chi connectivity index (χ0v) is 17.2. The molecule has 7 nitrogen and oxygen atoms in total. The van der Waals surface area contributed by atoms with Crippen molar-refractivity contribution in [1.29, 1.82) is 0 Å². The minimum absolute atomic E-state index is 0.0826. The van der Waals surface area contributed by atoms with Gasteiger partial charge in [-0.25, -0.2) is 14.0 Å². The number of ether oxygens (including phenoxy) is 1. The van der Waals surface area contributed by atoms with Crippen LogP contribution in [0.4, 0.5) is 0 Å². The van der Waals surface area contributed by atoms with Gasteiger partial charge in [0, 0.05) is 18.0 Å². The third-order valence-electron chi connectivity index (χ3n) is 4.92. The molecular formula is C23H26N4O3. The molecule has 1 aliphatic rings. The largest absolute Gasteiger partial charge is 0.491 e. The number of carbonyl (C=O) groups excluding carboxylic acids is 1. The zero-order valence-electron chi connectivity index (χ0n) is 17.2. The van der Waals surface area contributed by atoms with Crippen molar-refractivity contribution in [3.63, 3.8) is 0 Å². The first-order chi connectivity index (χ1) is 14.5. The van der Waals surface area contributed by atoms with Crippen LogP contribution < -0.4 is 15.7 Å². The fraction of sp³-hybridized carbons (Fsp3) is 0.348. The molecule has 1 amide bonds. The van der Waals surface area contributed by atoms with Crippen molar-refractivity contribution in [1.82, 2.24) is 19.7 Å². The SMILES string of the molecule is CC(C)Oc1ccc(C(=O)NCCn2nc(C3CC3)n(-c3ccccc3)c2=O)cc1. The van der Waals surface area contributed by atoms with Crippen LogP contribution in [0.3, 0.4) is 0 Å². The van der Waals surface area contributed by atoms with Crippen LogP contribution in [0.5, 0.6) is 5.75 Å². The number of carbonyl (C=O) groups is 1. The van der Waals surface area contributed by atoms with E-state index in [9.17, 15) is 9.59 Å². The Morgan fingerprint density at radius 1 is 1.13 bits per heavy atom. The van der Waals surface area contributed by atoms with Crippen molar-refractivity contribution in [2.45, 2.75) is 45.3 Å². The molecule has 0 atom stereocenters. The third kappa shape index (κ3) is 4.45. The maximum absolute atomic E-state index is 12.9. The van der Waals surface area contributed by atoms with Crippen LogP contribution in [0, 0.1) is 0 Å². The van der Waals surface area contributed by atoms with Crippen LogP contribution in [0.25, 0.3) is 5.69 Å². The van der Waals surface area contributed by atoms with Crippen LogP contribution in [0.1, 0.15) is 48.8 Å². The van der Waals surface area contributed by atoms with Crippen molar-refractivity contribution < 1.29 is 9.53 Å². The number of nitrogens with zero attached hydrogens (tertiary/aromatic N) is 3. The molecule has 4 rings (SSSR count). The van der Waals surface area contributed by atoms with E-state index >= 15 is 0 Å². The molecule has 30 heavy (non-hydrogen) atoms. The van der Waals surface area contributed by atoms with Crippen LogP contribution in [0.2, 0.25) is 0 Å². The van der Waals surface area contributed by atoms with Gasteiger partial charge in [0.25, 0.3) is 5.91 Å². The highest BCUT2D eigenvalue weighted by molar-refractivity contribution is 5.94. The van der Waals surface area contributed by atoms with Gasteiger partial charge >= 0.3 is 5.69 Å². The number of aromatic nitrogens is 3. The fourth-order valence-electron chi connectivity index (χ4n) is 3.33. The maximum Gasteiger partial charge on any atom is 0.350 e. The molecule has 0 unspecified atom stereocenters. The number of hydrogen-bond donors (Lipinski definition) is 1. The van der Waals surface area contributed by atoms with Gasteiger partial charge in [-0.1, -0.05) is 18.2 Å². The van der Waals surface area contributed by atoms with E-state index in [4.69, 9.17) is 4.74 Å². The number of amides is 1. The van der Waals surface area contributed by atoms with Crippen molar-refractivity contribution in [3.05, 3.63) is 76.5 Å². The van der Waals surface area contributed by atoms with Crippen LogP contribution in [0.15, 0.2) is 59.4 Å². The Morgan fingerprint density at radius 2 is 1.83 bits per heavy atom. The van der Waals surface area contributed by atoms with Gasteiger partial charge in [-0.15, -0.1) is 0 Å². The molecule has 0 radical (unpaired) electrons. The van der Waals surface area contributed by atoms with E-state index in [1.54, 1.807) is 28.8 Å². The predicted molar refractivity (Wildman–Crippen MR) is 114 cm³/mol. The standard InChI is InChI=1S/C23H26N4O3/c1-16(2)30-20-12-10-18(11-13-20)22(28)24-14-15-26-23(29)27(19-6-4-3-5-7-19)21(25-26)17-8-9-17/h3-7,10-13,16-17H,8-9,14-15H2,1-2H3,(H,24,28). The molecule has 1 saturated carbocycles. The molecule has 0 saturated heterocycles. The summed E-state index contributed by atoms with van der Waals surface area (Å²) in [6, 6.07) is 16.6. The van der Waals surface area contributed by atoms with Crippen molar-refractivity contribution in [2.75, 3.05) is 6.54 Å². The van der Waals surface area contributed by atoms with Gasteiger partial charge in [0.05, 0.1) is 18.3 Å². The lowest BCUT2D eigenvalue weighted by Gasteiger charge is -2.10. The quantitative estimate of drug-likeness (QED) is 0.623. The Hall–Kier alpha value is -3.35. The van der Waals surface area contributed by atoms with E-state index < -0.39 is 0 Å². The van der Waals surface area contributed by atoms with Gasteiger partial charge in [-0.05, 0) is 63.1 Å². The van der Waals surface area contributed by atoms with Gasteiger partial charge in [-0.2, -0.15) is 5.10 Å². The van der Waals surface area contributed by atoms with E-state index in [0.29, 0.717) is 24.6 Å². The van der Waals surface area contributed by atoms with Crippen LogP contribution in [-0.2, 0) is 6.54 Å². The first kappa shape index (κ1) is 19.9. The highest BCUT2D eigenvalue weighted by Crippen LogP contribution is 2.39. The monoisotopic (exact) mass is 406 g/mol. The van der Waals surface area contributed by atoms with Crippen molar-refractivity contribution in [3.8, 4) is 11.4 Å². The predicted octanol–water partition coefficient (Wildman–Crippen LogP) is 3.13. The second kappa shape index (κ2) is 8.57. The highest BCUT2D eigenvalue weighted by atomic mass is 16.5. The molecule has 1 aromatic heterocycles. The molecule has 1 aliphatic carbocycles. The Morgan fingerprint density at radius 3 is 2.47 bits per heavy atom. The molecule has 156 valence electrons. The Bertz CT molecular complexity index is 1060. The highest BCUT2D eigenvalue weighted by Gasteiger charge is 2.31. The Labute approximate surface area is 175 Å². The van der Waals surface area contributed by atoms with Gasteiger partial charge in [0.15, 0.2) is 0 Å². The minimum atomic E-state index is -0.191. The maximum atomic E-state index is 12.9. The summed E-state index contributed by atoms with van der Waals surface area (Å²) in [5.41, 5.74) is 1.20. The topological polar surface area (TPSA) is 78.2 Å². The van der Waals surface area contributed by atoms with E-state index in [1.807, 2.05) is 44.2 Å². The number of hydrogen-bond acceptors (Lipinski definition) is 4. The van der Waals surface area contributed by atoms with Gasteiger partial charge in [-0.3, -0.25) is 4.79 Å². The molecule has 0 aliphatic heterocycles. The molecule has 0 bridgehead atoms. The Kier molecular flexibility index (Phi) is 5.70. The number of benzene rings is 2. The number of nitrogens with one attached hydrogen (secondary N) is 1. The van der Waals surface area contributed by atoms with Crippen molar-refractivity contribution >= 4 is 5.91 Å². The zero-order chi connectivity index (χ0) is 21.1. The molecule has 3 aromatic rings. The van der Waals surface area contributed by atoms with Gasteiger partial charge in [0.2, 0.25) is 0 Å². The summed E-state index contributed by atoms with van der Waals surface area (Å²) in [6.45, 7) is 4.55. The number of rotatable bonds is 8. The second-order valence-corrected chi connectivity index (χ2v) is 7.76. The van der Waals surface area contributed by atoms with E-state index in [-0.39, 0.29) is 17.7 Å². The summed E-state index contributed by atoms with van der Waals surface area (Å²) in [5, 5.41) is 7.42. The first-order valence-corrected chi connectivity index (χ1v) is 10.3. The van der Waals surface area contributed by atoms with Crippen LogP contribution >= 0.6 is 0 Å². The van der Waals surface area contributed by atoms with E-state index in [2.05, 4.69) is 10.4 Å². The van der Waals surface area contributed by atoms with Crippen LogP contribution in [-0.4, -0.2) is 32.9 Å². The minimum Gasteiger partial charge on any atom is -0.491 e. The first-order valence-electron chi connectivity index (χ1n) is 10.3. The lowest BCUT2D eigenvalue weighted by atomic mass is 10.2. The van der Waals surface area contributed by atoms with Gasteiger partial charge < -0.3 is 10.1 Å². The third-order valence-corrected chi connectivity index (χ3v) is 4.92. The average molecular weight is 406 g/mol. The van der Waals surface area contributed by atoms with E-state index in [0.717, 1.165) is 30.1 Å². The fourth-order valence-corrected chi connectivity index (χ4v) is 3.33. The van der Waals surface area contributed by atoms with Gasteiger partial charge in [0.1, 0.15) is 11.6 Å². The normalized spacial score (nSPS) is 13.4. The summed E-state index contributed by atoms with van der Waals surface area (Å²) in [6.07, 6.45) is 2.19.